The molecule has 1 amide bonds. The molecule has 1 aromatic carbocycles. The highest BCUT2D eigenvalue weighted by Gasteiger charge is 2.36. The van der Waals surface area contributed by atoms with Gasteiger partial charge in [0, 0.05) is 53.9 Å². The zero-order chi connectivity index (χ0) is 15.9. The summed E-state index contributed by atoms with van der Waals surface area (Å²) in [6.07, 6.45) is 7.10. The number of benzene rings is 1. The normalized spacial score (nSPS) is 21.4. The molecule has 0 saturated carbocycles. The lowest BCUT2D eigenvalue weighted by molar-refractivity contribution is -0.120. The number of hydrogen-bond donors (Lipinski definition) is 2. The second kappa shape index (κ2) is 5.75. The molecule has 1 spiro atoms. The molecule has 23 heavy (non-hydrogen) atoms. The summed E-state index contributed by atoms with van der Waals surface area (Å²) in [5.41, 5.74) is 2.66. The molecule has 0 atom stereocenters. The van der Waals surface area contributed by atoms with Gasteiger partial charge in [0.15, 0.2) is 0 Å². The molecule has 2 N–H and O–H groups in total. The number of aromatic amines is 1. The van der Waals surface area contributed by atoms with Crippen molar-refractivity contribution in [2.45, 2.75) is 32.1 Å². The van der Waals surface area contributed by atoms with Gasteiger partial charge in [-0.1, -0.05) is 11.6 Å². The van der Waals surface area contributed by atoms with E-state index in [1.54, 1.807) is 0 Å². The summed E-state index contributed by atoms with van der Waals surface area (Å²) in [5, 5.41) is 5.03. The van der Waals surface area contributed by atoms with Crippen LogP contribution in [-0.2, 0) is 4.79 Å². The first kappa shape index (κ1) is 14.9. The Balaban J connectivity index is 1.55. The highest BCUT2D eigenvalue weighted by Crippen LogP contribution is 2.42. The van der Waals surface area contributed by atoms with Crippen molar-refractivity contribution in [1.29, 1.82) is 0 Å². The van der Waals surface area contributed by atoms with Crippen LogP contribution in [-0.4, -0.2) is 30.5 Å². The monoisotopic (exact) mass is 331 g/mol. The van der Waals surface area contributed by atoms with Crippen LogP contribution in [0.15, 0.2) is 24.4 Å². The van der Waals surface area contributed by atoms with Crippen LogP contribution >= 0.6 is 11.6 Å². The van der Waals surface area contributed by atoms with Crippen molar-refractivity contribution in [3.05, 3.63) is 29.4 Å². The predicted molar refractivity (Wildman–Crippen MR) is 94.0 cm³/mol. The van der Waals surface area contributed by atoms with Gasteiger partial charge in [0.05, 0.1) is 0 Å². The maximum absolute atomic E-state index is 11.6. The second-order valence-corrected chi connectivity index (χ2v) is 7.39. The van der Waals surface area contributed by atoms with E-state index >= 15 is 0 Å². The summed E-state index contributed by atoms with van der Waals surface area (Å²) in [4.78, 5) is 17.3. The molecule has 0 unspecified atom stereocenters. The van der Waals surface area contributed by atoms with Gasteiger partial charge in [0.25, 0.3) is 0 Å². The first-order valence-electron chi connectivity index (χ1n) is 8.44. The van der Waals surface area contributed by atoms with Gasteiger partial charge >= 0.3 is 0 Å². The minimum Gasteiger partial charge on any atom is -0.371 e. The zero-order valence-electron chi connectivity index (χ0n) is 13.2. The Morgan fingerprint density at radius 1 is 1.13 bits per heavy atom. The Morgan fingerprint density at radius 2 is 1.96 bits per heavy atom. The average Bonchev–Trinajstić information content (AvgIpc) is 2.94. The number of fused-ring (bicyclic) bond motifs is 1. The summed E-state index contributed by atoms with van der Waals surface area (Å²) in [6.45, 7) is 2.90. The summed E-state index contributed by atoms with van der Waals surface area (Å²) in [5.74, 6) is 0.216. The number of carbonyl (C=O) groups is 1. The number of nitrogens with zero attached hydrogens (tertiary/aromatic N) is 1. The third kappa shape index (κ3) is 2.80. The number of piperidine rings is 1. The SMILES string of the molecule is O=C1CCC2(CCN1)CCN(c1cc(Cl)cc3[nH]ccc13)CC2. The van der Waals surface area contributed by atoms with Crippen molar-refractivity contribution in [1.82, 2.24) is 10.3 Å². The molecule has 2 aliphatic rings. The highest BCUT2D eigenvalue weighted by molar-refractivity contribution is 6.31. The van der Waals surface area contributed by atoms with Crippen molar-refractivity contribution in [2.24, 2.45) is 5.41 Å². The van der Waals surface area contributed by atoms with E-state index in [1.807, 2.05) is 12.3 Å². The molecule has 2 fully saturated rings. The first-order valence-corrected chi connectivity index (χ1v) is 8.81. The fourth-order valence-corrected chi connectivity index (χ4v) is 4.37. The van der Waals surface area contributed by atoms with E-state index in [0.29, 0.717) is 11.8 Å². The number of carbonyl (C=O) groups excluding carboxylic acids is 1. The Hall–Kier alpha value is -1.68. The fourth-order valence-electron chi connectivity index (χ4n) is 4.16. The molecule has 4 nitrogen and oxygen atoms in total. The average molecular weight is 332 g/mol. The van der Waals surface area contributed by atoms with E-state index < -0.39 is 0 Å². The molecule has 0 aliphatic carbocycles. The lowest BCUT2D eigenvalue weighted by Crippen LogP contribution is -2.40. The number of aromatic nitrogens is 1. The van der Waals surface area contributed by atoms with Crippen molar-refractivity contribution < 1.29 is 4.79 Å². The van der Waals surface area contributed by atoms with E-state index in [2.05, 4.69) is 27.3 Å². The number of H-pyrrole nitrogens is 1. The van der Waals surface area contributed by atoms with E-state index in [9.17, 15) is 4.79 Å². The van der Waals surface area contributed by atoms with Crippen LogP contribution in [0.25, 0.3) is 10.9 Å². The summed E-state index contributed by atoms with van der Waals surface area (Å²) < 4.78 is 0. The quantitative estimate of drug-likeness (QED) is 0.837. The van der Waals surface area contributed by atoms with Gasteiger partial charge in [-0.15, -0.1) is 0 Å². The number of amides is 1. The van der Waals surface area contributed by atoms with E-state index in [0.717, 1.165) is 55.9 Å². The standard InChI is InChI=1S/C18H22ClN3O/c19-13-11-15-14(2-7-20-15)16(12-13)22-9-5-18(6-10-22)3-1-17(23)21-8-4-18/h2,7,11-12,20H,1,3-6,8-10H2,(H,21,23). The maximum atomic E-state index is 11.6. The van der Waals surface area contributed by atoms with E-state index in [-0.39, 0.29) is 5.91 Å². The lowest BCUT2D eigenvalue weighted by atomic mass is 9.73. The molecule has 2 aliphatic heterocycles. The highest BCUT2D eigenvalue weighted by atomic mass is 35.5. The third-order valence-corrected chi connectivity index (χ3v) is 5.85. The summed E-state index contributed by atoms with van der Waals surface area (Å²) in [6, 6.07) is 6.18. The largest absolute Gasteiger partial charge is 0.371 e. The maximum Gasteiger partial charge on any atom is 0.220 e. The molecule has 5 heteroatoms. The van der Waals surface area contributed by atoms with Gasteiger partial charge in [-0.05, 0) is 49.3 Å². The van der Waals surface area contributed by atoms with Crippen LogP contribution < -0.4 is 10.2 Å². The van der Waals surface area contributed by atoms with Crippen LogP contribution in [0.3, 0.4) is 0 Å². The van der Waals surface area contributed by atoms with E-state index in [4.69, 9.17) is 11.6 Å². The van der Waals surface area contributed by atoms with Crippen molar-refractivity contribution in [3.63, 3.8) is 0 Å². The Morgan fingerprint density at radius 3 is 2.78 bits per heavy atom. The van der Waals surface area contributed by atoms with Gasteiger partial charge < -0.3 is 15.2 Å². The number of hydrogen-bond acceptors (Lipinski definition) is 2. The number of nitrogens with one attached hydrogen (secondary N) is 2. The number of rotatable bonds is 1. The molecular weight excluding hydrogens is 310 g/mol. The molecule has 3 heterocycles. The molecule has 2 aromatic rings. The lowest BCUT2D eigenvalue weighted by Gasteiger charge is -2.42. The van der Waals surface area contributed by atoms with Crippen LogP contribution in [0.4, 0.5) is 5.69 Å². The van der Waals surface area contributed by atoms with Crippen LogP contribution in [0.1, 0.15) is 32.1 Å². The molecular formula is C18H22ClN3O. The Labute approximate surface area is 141 Å². The second-order valence-electron chi connectivity index (χ2n) is 6.95. The van der Waals surface area contributed by atoms with Crippen molar-refractivity contribution in [3.8, 4) is 0 Å². The molecule has 4 rings (SSSR count). The van der Waals surface area contributed by atoms with Crippen molar-refractivity contribution in [2.75, 3.05) is 24.5 Å². The smallest absolute Gasteiger partial charge is 0.220 e. The van der Waals surface area contributed by atoms with Crippen LogP contribution in [0.2, 0.25) is 5.02 Å². The number of anilines is 1. The number of halogens is 1. The fraction of sp³-hybridized carbons (Fsp3) is 0.500. The molecule has 2 saturated heterocycles. The topological polar surface area (TPSA) is 48.1 Å². The van der Waals surface area contributed by atoms with E-state index in [1.165, 1.54) is 11.1 Å². The summed E-state index contributed by atoms with van der Waals surface area (Å²) in [7, 11) is 0. The first-order chi connectivity index (χ1) is 11.2. The molecule has 1 aromatic heterocycles. The zero-order valence-corrected chi connectivity index (χ0v) is 14.0. The predicted octanol–water partition coefficient (Wildman–Crippen LogP) is 3.71. The minimum absolute atomic E-state index is 0.216. The molecule has 122 valence electrons. The van der Waals surface area contributed by atoms with Gasteiger partial charge in [0.1, 0.15) is 0 Å². The van der Waals surface area contributed by atoms with Gasteiger partial charge in [-0.3, -0.25) is 4.79 Å². The van der Waals surface area contributed by atoms with Gasteiger partial charge in [0.2, 0.25) is 5.91 Å². The van der Waals surface area contributed by atoms with Crippen LogP contribution in [0, 0.1) is 5.41 Å². The van der Waals surface area contributed by atoms with Gasteiger partial charge in [-0.2, -0.15) is 0 Å². The molecule has 0 bridgehead atoms. The third-order valence-electron chi connectivity index (χ3n) is 5.64. The Kier molecular flexibility index (Phi) is 3.72. The minimum atomic E-state index is 0.216. The molecule has 0 radical (unpaired) electrons. The van der Waals surface area contributed by atoms with Crippen LogP contribution in [0.5, 0.6) is 0 Å². The van der Waals surface area contributed by atoms with Gasteiger partial charge in [-0.25, -0.2) is 0 Å². The summed E-state index contributed by atoms with van der Waals surface area (Å²) >= 11 is 6.29. The Bertz CT molecular complexity index is 731. The van der Waals surface area contributed by atoms with Crippen molar-refractivity contribution >= 4 is 34.1 Å².